The van der Waals surface area contributed by atoms with Crippen molar-refractivity contribution in [3.63, 3.8) is 0 Å². The van der Waals surface area contributed by atoms with Crippen molar-refractivity contribution in [3.05, 3.63) is 23.9 Å². The van der Waals surface area contributed by atoms with E-state index in [2.05, 4.69) is 10.3 Å². The van der Waals surface area contributed by atoms with Gasteiger partial charge in [-0.25, -0.2) is 9.78 Å². The average Bonchev–Trinajstić information content (AvgIpc) is 2.16. The molecule has 5 heteroatoms. The lowest BCUT2D eigenvalue weighted by molar-refractivity contribution is 0.0238. The van der Waals surface area contributed by atoms with Crippen LogP contribution in [0.2, 0.25) is 0 Å². The molecule has 0 fully saturated rings. The number of pyridine rings is 1. The molecule has 1 aromatic rings. The molecule has 0 radical (unpaired) electrons. The highest BCUT2D eigenvalue weighted by atomic mass is 16.4. The summed E-state index contributed by atoms with van der Waals surface area (Å²) >= 11 is 0. The normalized spacial score (nSPS) is 12.3. The highest BCUT2D eigenvalue weighted by Crippen LogP contribution is 2.24. The molecule has 0 unspecified atom stereocenters. The van der Waals surface area contributed by atoms with E-state index in [1.165, 1.54) is 12.3 Å². The Morgan fingerprint density at radius 3 is 2.24 bits per heavy atom. The summed E-state index contributed by atoms with van der Waals surface area (Å²) < 4.78 is 0. The first kappa shape index (κ1) is 13.4. The number of carboxylic acid groups (broad SMARTS) is 1. The maximum atomic E-state index is 10.7. The summed E-state index contributed by atoms with van der Waals surface area (Å²) in [5, 5.41) is 21.8. The molecule has 0 aromatic carbocycles. The van der Waals surface area contributed by atoms with Crippen molar-refractivity contribution >= 4 is 11.8 Å². The fourth-order valence-electron chi connectivity index (χ4n) is 1.07. The van der Waals surface area contributed by atoms with Crippen molar-refractivity contribution in [2.24, 2.45) is 0 Å². The van der Waals surface area contributed by atoms with Crippen LogP contribution in [0.5, 0.6) is 0 Å². The largest absolute Gasteiger partial charge is 0.478 e. The van der Waals surface area contributed by atoms with Crippen molar-refractivity contribution in [1.29, 1.82) is 0 Å². The van der Waals surface area contributed by atoms with Gasteiger partial charge in [0.05, 0.1) is 16.7 Å². The first-order chi connectivity index (χ1) is 7.63. The summed E-state index contributed by atoms with van der Waals surface area (Å²) in [6, 6.07) is 3.05. The molecule has 1 heterocycles. The predicted octanol–water partition coefficient (Wildman–Crippen LogP) is 1.74. The molecule has 0 bridgehead atoms. The van der Waals surface area contributed by atoms with Crippen LogP contribution in [0.1, 0.15) is 38.1 Å². The van der Waals surface area contributed by atoms with Crippen molar-refractivity contribution in [2.45, 2.75) is 38.8 Å². The SMILES string of the molecule is CC(C)(O)C(C)(C)Nc1ccc(C(=O)O)cn1. The maximum absolute atomic E-state index is 10.7. The van der Waals surface area contributed by atoms with E-state index in [9.17, 15) is 9.90 Å². The van der Waals surface area contributed by atoms with Crippen molar-refractivity contribution in [2.75, 3.05) is 5.32 Å². The van der Waals surface area contributed by atoms with Crippen molar-refractivity contribution in [3.8, 4) is 0 Å². The Labute approximate surface area is 101 Å². The van der Waals surface area contributed by atoms with Crippen molar-refractivity contribution < 1.29 is 15.0 Å². The number of carbonyl (C=O) groups is 1. The second-order valence-corrected chi connectivity index (χ2v) is 5.05. The van der Waals surface area contributed by atoms with Crippen LogP contribution in [-0.4, -0.2) is 32.3 Å². The fraction of sp³-hybridized carbons (Fsp3) is 0.500. The van der Waals surface area contributed by atoms with Gasteiger partial charge >= 0.3 is 5.97 Å². The molecule has 0 aliphatic heterocycles. The summed E-state index contributed by atoms with van der Waals surface area (Å²) in [6.07, 6.45) is 1.28. The Balaban J connectivity index is 2.86. The molecule has 17 heavy (non-hydrogen) atoms. The molecular weight excluding hydrogens is 220 g/mol. The second kappa shape index (κ2) is 4.33. The quantitative estimate of drug-likeness (QED) is 0.744. The van der Waals surface area contributed by atoms with Gasteiger partial charge in [-0.1, -0.05) is 0 Å². The molecule has 1 rings (SSSR count). The van der Waals surface area contributed by atoms with Gasteiger partial charge in [-0.3, -0.25) is 0 Å². The third kappa shape index (κ3) is 3.17. The molecule has 0 aliphatic carbocycles. The Morgan fingerprint density at radius 2 is 1.88 bits per heavy atom. The summed E-state index contributed by atoms with van der Waals surface area (Å²) in [5.74, 6) is -0.479. The zero-order valence-corrected chi connectivity index (χ0v) is 10.5. The molecule has 0 amide bonds. The van der Waals surface area contributed by atoms with Crippen LogP contribution >= 0.6 is 0 Å². The zero-order valence-electron chi connectivity index (χ0n) is 10.5. The Hall–Kier alpha value is -1.62. The minimum absolute atomic E-state index is 0.136. The molecule has 0 aliphatic rings. The van der Waals surface area contributed by atoms with Gasteiger partial charge in [-0.15, -0.1) is 0 Å². The number of hydrogen-bond donors (Lipinski definition) is 3. The van der Waals surface area contributed by atoms with E-state index < -0.39 is 17.1 Å². The van der Waals surface area contributed by atoms with Crippen LogP contribution in [0, 0.1) is 0 Å². The van der Waals surface area contributed by atoms with Crippen LogP contribution in [0.25, 0.3) is 0 Å². The van der Waals surface area contributed by atoms with Crippen LogP contribution in [-0.2, 0) is 0 Å². The minimum atomic E-state index is -1.01. The molecular formula is C12H18N2O3. The minimum Gasteiger partial charge on any atom is -0.478 e. The van der Waals surface area contributed by atoms with Crippen LogP contribution in [0.3, 0.4) is 0 Å². The van der Waals surface area contributed by atoms with Gasteiger partial charge < -0.3 is 15.5 Å². The third-order valence-electron chi connectivity index (χ3n) is 2.98. The molecule has 0 saturated carbocycles. The molecule has 5 nitrogen and oxygen atoms in total. The average molecular weight is 238 g/mol. The van der Waals surface area contributed by atoms with Gasteiger partial charge in [0.25, 0.3) is 0 Å². The molecule has 0 atom stereocenters. The van der Waals surface area contributed by atoms with E-state index in [4.69, 9.17) is 5.11 Å². The summed E-state index contributed by atoms with van der Waals surface area (Å²) in [5.41, 5.74) is -1.37. The highest BCUT2D eigenvalue weighted by Gasteiger charge is 2.35. The molecule has 0 spiro atoms. The summed E-state index contributed by atoms with van der Waals surface area (Å²) in [7, 11) is 0. The van der Waals surface area contributed by atoms with Gasteiger partial charge in [0.1, 0.15) is 5.82 Å². The van der Waals surface area contributed by atoms with Crippen LogP contribution < -0.4 is 5.32 Å². The van der Waals surface area contributed by atoms with E-state index >= 15 is 0 Å². The molecule has 94 valence electrons. The highest BCUT2D eigenvalue weighted by molar-refractivity contribution is 5.87. The van der Waals surface area contributed by atoms with Gasteiger partial charge in [0.15, 0.2) is 0 Å². The van der Waals surface area contributed by atoms with E-state index in [-0.39, 0.29) is 5.56 Å². The maximum Gasteiger partial charge on any atom is 0.337 e. The van der Waals surface area contributed by atoms with Gasteiger partial charge in [-0.05, 0) is 39.8 Å². The number of nitrogens with one attached hydrogen (secondary N) is 1. The summed E-state index contributed by atoms with van der Waals surface area (Å²) in [4.78, 5) is 14.7. The number of nitrogens with zero attached hydrogens (tertiary/aromatic N) is 1. The number of rotatable bonds is 4. The Kier molecular flexibility index (Phi) is 3.43. The molecule has 0 saturated heterocycles. The fourth-order valence-corrected chi connectivity index (χ4v) is 1.07. The number of anilines is 1. The Bertz CT molecular complexity index is 405. The molecule has 3 N–H and O–H groups in total. The van der Waals surface area contributed by atoms with Crippen molar-refractivity contribution in [1.82, 2.24) is 4.98 Å². The van der Waals surface area contributed by atoms with Crippen LogP contribution in [0.15, 0.2) is 18.3 Å². The first-order valence-electron chi connectivity index (χ1n) is 5.33. The predicted molar refractivity (Wildman–Crippen MR) is 65.2 cm³/mol. The zero-order chi connectivity index (χ0) is 13.3. The first-order valence-corrected chi connectivity index (χ1v) is 5.33. The van der Waals surface area contributed by atoms with E-state index in [1.54, 1.807) is 19.9 Å². The Morgan fingerprint density at radius 1 is 1.29 bits per heavy atom. The third-order valence-corrected chi connectivity index (χ3v) is 2.98. The number of hydrogen-bond acceptors (Lipinski definition) is 4. The number of aromatic nitrogens is 1. The standard InChI is InChI=1S/C12H18N2O3/c1-11(2,12(3,4)17)14-9-6-5-8(7-13-9)10(15)16/h5-7,17H,1-4H3,(H,13,14)(H,15,16). The lowest BCUT2D eigenvalue weighted by atomic mass is 9.86. The monoisotopic (exact) mass is 238 g/mol. The van der Waals surface area contributed by atoms with Gasteiger partial charge in [-0.2, -0.15) is 0 Å². The van der Waals surface area contributed by atoms with E-state index in [0.29, 0.717) is 5.82 Å². The van der Waals surface area contributed by atoms with Gasteiger partial charge in [0, 0.05) is 6.20 Å². The smallest absolute Gasteiger partial charge is 0.337 e. The lowest BCUT2D eigenvalue weighted by Crippen LogP contribution is -2.51. The summed E-state index contributed by atoms with van der Waals surface area (Å²) in [6.45, 7) is 7.09. The van der Waals surface area contributed by atoms with Gasteiger partial charge in [0.2, 0.25) is 0 Å². The van der Waals surface area contributed by atoms with E-state index in [0.717, 1.165) is 0 Å². The topological polar surface area (TPSA) is 82.5 Å². The molecule has 1 aromatic heterocycles. The number of aromatic carboxylic acids is 1. The number of carboxylic acids is 1. The van der Waals surface area contributed by atoms with E-state index in [1.807, 2.05) is 13.8 Å². The van der Waals surface area contributed by atoms with Crippen LogP contribution in [0.4, 0.5) is 5.82 Å². The second-order valence-electron chi connectivity index (χ2n) is 5.05. The lowest BCUT2D eigenvalue weighted by Gasteiger charge is -2.38. The number of aliphatic hydroxyl groups is 1.